The fraction of sp³-hybridized carbons (Fsp3) is 0.263. The molecule has 0 unspecified atom stereocenters. The van der Waals surface area contributed by atoms with Crippen molar-refractivity contribution in [3.8, 4) is 5.75 Å². The summed E-state index contributed by atoms with van der Waals surface area (Å²) in [5.41, 5.74) is -0.0531. The molecule has 2 rings (SSSR count). The van der Waals surface area contributed by atoms with Crippen LogP contribution >= 0.6 is 0 Å². The Labute approximate surface area is 151 Å². The number of nitrogens with one attached hydrogen (secondary N) is 2. The first-order valence-corrected chi connectivity index (χ1v) is 7.93. The van der Waals surface area contributed by atoms with Crippen LogP contribution in [-0.4, -0.2) is 24.7 Å². The van der Waals surface area contributed by atoms with Crippen molar-refractivity contribution in [1.82, 2.24) is 0 Å². The summed E-state index contributed by atoms with van der Waals surface area (Å²) in [6, 6.07) is 10.4. The number of methoxy groups -OCH3 is 1. The van der Waals surface area contributed by atoms with Gasteiger partial charge in [-0.3, -0.25) is 10.1 Å². The summed E-state index contributed by atoms with van der Waals surface area (Å²) in [5, 5.41) is 4.98. The molecule has 0 aliphatic heterocycles. The Morgan fingerprint density at radius 2 is 1.65 bits per heavy atom. The van der Waals surface area contributed by atoms with Crippen LogP contribution in [0.15, 0.2) is 42.5 Å². The molecule has 2 aromatic rings. The van der Waals surface area contributed by atoms with Crippen molar-refractivity contribution in [2.75, 3.05) is 17.7 Å². The Hall–Kier alpha value is -3.09. The molecule has 0 saturated carbocycles. The lowest BCUT2D eigenvalue weighted by Crippen LogP contribution is -2.27. The normalized spacial score (nSPS) is 10.8. The average Bonchev–Trinajstić information content (AvgIpc) is 2.56. The quantitative estimate of drug-likeness (QED) is 0.845. The number of amides is 2. The molecule has 0 saturated heterocycles. The van der Waals surface area contributed by atoms with Crippen LogP contribution in [0.5, 0.6) is 5.75 Å². The van der Waals surface area contributed by atoms with Crippen LogP contribution in [0.25, 0.3) is 0 Å². The van der Waals surface area contributed by atoms with E-state index in [1.54, 1.807) is 45.0 Å². The van der Waals surface area contributed by atoms with E-state index in [1.165, 1.54) is 19.2 Å². The van der Waals surface area contributed by atoms with Gasteiger partial charge in [-0.2, -0.15) is 0 Å². The molecule has 0 radical (unpaired) electrons. The van der Waals surface area contributed by atoms with Crippen LogP contribution in [0.3, 0.4) is 0 Å². The highest BCUT2D eigenvalue weighted by Crippen LogP contribution is 2.21. The van der Waals surface area contributed by atoms with E-state index in [1.807, 2.05) is 0 Å². The van der Waals surface area contributed by atoms with Crippen molar-refractivity contribution in [1.29, 1.82) is 0 Å². The fourth-order valence-corrected chi connectivity index (χ4v) is 2.06. The van der Waals surface area contributed by atoms with Gasteiger partial charge in [0.2, 0.25) is 0 Å². The van der Waals surface area contributed by atoms with Gasteiger partial charge in [0.15, 0.2) is 0 Å². The van der Waals surface area contributed by atoms with Crippen LogP contribution in [-0.2, 0) is 4.74 Å². The molecule has 0 spiro atoms. The van der Waals surface area contributed by atoms with Gasteiger partial charge in [0, 0.05) is 11.3 Å². The molecule has 7 heteroatoms. The topological polar surface area (TPSA) is 76.7 Å². The zero-order valence-electron chi connectivity index (χ0n) is 15.1. The molecule has 0 aromatic heterocycles. The number of hydrogen-bond donors (Lipinski definition) is 2. The summed E-state index contributed by atoms with van der Waals surface area (Å²) >= 11 is 0. The molecule has 138 valence electrons. The molecule has 6 nitrogen and oxygen atoms in total. The van der Waals surface area contributed by atoms with E-state index in [2.05, 4.69) is 10.6 Å². The number of rotatable bonds is 4. The molecule has 2 aromatic carbocycles. The second kappa shape index (κ2) is 7.86. The van der Waals surface area contributed by atoms with Crippen molar-refractivity contribution in [2.45, 2.75) is 26.4 Å². The third-order valence-electron chi connectivity index (χ3n) is 3.21. The molecule has 0 bridgehead atoms. The average molecular weight is 360 g/mol. The van der Waals surface area contributed by atoms with Crippen molar-refractivity contribution >= 4 is 23.4 Å². The maximum atomic E-state index is 13.9. The van der Waals surface area contributed by atoms with Crippen LogP contribution in [0.2, 0.25) is 0 Å². The number of ether oxygens (including phenoxy) is 2. The van der Waals surface area contributed by atoms with Crippen molar-refractivity contribution in [3.63, 3.8) is 0 Å². The number of hydrogen-bond acceptors (Lipinski definition) is 4. The van der Waals surface area contributed by atoms with Crippen molar-refractivity contribution in [3.05, 3.63) is 53.8 Å². The highest BCUT2D eigenvalue weighted by molar-refractivity contribution is 6.04. The molecule has 0 heterocycles. The summed E-state index contributed by atoms with van der Waals surface area (Å²) in [6.45, 7) is 5.11. The summed E-state index contributed by atoms with van der Waals surface area (Å²) in [4.78, 5) is 24.1. The van der Waals surface area contributed by atoms with E-state index >= 15 is 0 Å². The number of carbonyl (C=O) groups is 2. The highest BCUT2D eigenvalue weighted by atomic mass is 19.1. The van der Waals surface area contributed by atoms with Gasteiger partial charge in [0.25, 0.3) is 5.91 Å². The molecule has 0 fully saturated rings. The van der Waals surface area contributed by atoms with Crippen LogP contribution in [0.4, 0.5) is 20.6 Å². The molecule has 2 amide bonds. The van der Waals surface area contributed by atoms with E-state index in [-0.39, 0.29) is 11.6 Å². The van der Waals surface area contributed by atoms with E-state index in [4.69, 9.17) is 9.47 Å². The first kappa shape index (κ1) is 19.2. The predicted octanol–water partition coefficient (Wildman–Crippen LogP) is 4.43. The molecular formula is C19H21FN2O4. The first-order valence-electron chi connectivity index (χ1n) is 7.93. The van der Waals surface area contributed by atoms with Gasteiger partial charge in [0.05, 0.1) is 12.8 Å². The second-order valence-corrected chi connectivity index (χ2v) is 6.50. The monoisotopic (exact) mass is 360 g/mol. The Morgan fingerprint density at radius 3 is 2.23 bits per heavy atom. The number of anilines is 2. The third kappa shape index (κ3) is 5.47. The van der Waals surface area contributed by atoms with Crippen molar-refractivity contribution in [2.24, 2.45) is 0 Å². The van der Waals surface area contributed by atoms with Gasteiger partial charge in [-0.05, 0) is 63.2 Å². The minimum Gasteiger partial charge on any atom is -0.497 e. The molecule has 0 aliphatic carbocycles. The Bertz CT molecular complexity index is 798. The van der Waals surface area contributed by atoms with E-state index in [0.717, 1.165) is 6.07 Å². The molecule has 26 heavy (non-hydrogen) atoms. The lowest BCUT2D eigenvalue weighted by atomic mass is 10.2. The maximum absolute atomic E-state index is 13.9. The van der Waals surface area contributed by atoms with E-state index in [0.29, 0.717) is 17.0 Å². The zero-order chi connectivity index (χ0) is 19.3. The fourth-order valence-electron chi connectivity index (χ4n) is 2.06. The van der Waals surface area contributed by atoms with Gasteiger partial charge < -0.3 is 14.8 Å². The summed E-state index contributed by atoms with van der Waals surface area (Å²) in [7, 11) is 1.53. The molecule has 0 atom stereocenters. The van der Waals surface area contributed by atoms with Gasteiger partial charge >= 0.3 is 6.09 Å². The summed E-state index contributed by atoms with van der Waals surface area (Å²) < 4.78 is 24.0. The van der Waals surface area contributed by atoms with E-state index < -0.39 is 17.5 Å². The Kier molecular flexibility index (Phi) is 5.82. The van der Waals surface area contributed by atoms with Gasteiger partial charge in [0.1, 0.15) is 17.2 Å². The lowest BCUT2D eigenvalue weighted by molar-refractivity contribution is 0.0635. The van der Waals surface area contributed by atoms with Gasteiger partial charge in [-0.1, -0.05) is 0 Å². The second-order valence-electron chi connectivity index (χ2n) is 6.50. The van der Waals surface area contributed by atoms with Crippen LogP contribution < -0.4 is 15.4 Å². The summed E-state index contributed by atoms with van der Waals surface area (Å²) in [6.07, 6.45) is -0.782. The smallest absolute Gasteiger partial charge is 0.412 e. The van der Waals surface area contributed by atoms with Gasteiger partial charge in [-0.15, -0.1) is 0 Å². The lowest BCUT2D eigenvalue weighted by Gasteiger charge is -2.20. The Morgan fingerprint density at radius 1 is 1.00 bits per heavy atom. The predicted molar refractivity (Wildman–Crippen MR) is 97.2 cm³/mol. The SMILES string of the molecule is COc1ccc(C(=O)Nc2ccc(F)c(NC(=O)OC(C)(C)C)c2)cc1. The standard InChI is InChI=1S/C19H21FN2O4/c1-19(2,3)26-18(24)22-16-11-13(7-10-15(16)20)21-17(23)12-5-8-14(25-4)9-6-12/h5-11H,1-4H3,(H,21,23)(H,22,24). The minimum absolute atomic E-state index is 0.0909. The minimum atomic E-state index is -0.782. The molecule has 2 N–H and O–H groups in total. The molecule has 0 aliphatic rings. The van der Waals surface area contributed by atoms with E-state index in [9.17, 15) is 14.0 Å². The highest BCUT2D eigenvalue weighted by Gasteiger charge is 2.18. The largest absolute Gasteiger partial charge is 0.497 e. The van der Waals surface area contributed by atoms with Gasteiger partial charge in [-0.25, -0.2) is 9.18 Å². The Balaban J connectivity index is 2.10. The number of halogens is 1. The number of carbonyl (C=O) groups excluding carboxylic acids is 2. The number of benzene rings is 2. The van der Waals surface area contributed by atoms with Crippen LogP contribution in [0.1, 0.15) is 31.1 Å². The zero-order valence-corrected chi connectivity index (χ0v) is 15.1. The first-order chi connectivity index (χ1) is 12.2. The molecular weight excluding hydrogens is 339 g/mol. The van der Waals surface area contributed by atoms with Crippen molar-refractivity contribution < 1.29 is 23.5 Å². The third-order valence-corrected chi connectivity index (χ3v) is 3.21. The maximum Gasteiger partial charge on any atom is 0.412 e. The van der Waals surface area contributed by atoms with Crippen LogP contribution in [0, 0.1) is 5.82 Å². The summed E-state index contributed by atoms with van der Waals surface area (Å²) in [5.74, 6) is -0.382.